The molecule has 6 nitrogen and oxygen atoms in total. The molecule has 0 aromatic heterocycles. The van der Waals surface area contributed by atoms with E-state index in [1.807, 2.05) is 19.0 Å². The first-order valence-corrected chi connectivity index (χ1v) is 7.29. The first-order valence-electron chi connectivity index (χ1n) is 5.80. The fraction of sp³-hybridized carbons (Fsp3) is 0.417. The lowest BCUT2D eigenvalue weighted by atomic mass is 10.2. The SMILES string of the molecule is CN(C)CCCNS(=O)(=O)c1ccc(C(=O)O)cc1. The van der Waals surface area contributed by atoms with Gasteiger partial charge in [-0.2, -0.15) is 0 Å². The second-order valence-corrected chi connectivity index (χ2v) is 6.15. The topological polar surface area (TPSA) is 86.7 Å². The van der Waals surface area contributed by atoms with Crippen LogP contribution in [0.15, 0.2) is 29.2 Å². The molecule has 0 spiro atoms. The fourth-order valence-electron chi connectivity index (χ4n) is 1.46. The Morgan fingerprint density at radius 3 is 2.32 bits per heavy atom. The van der Waals surface area contributed by atoms with E-state index in [0.717, 1.165) is 6.54 Å². The molecule has 0 radical (unpaired) electrons. The smallest absolute Gasteiger partial charge is 0.335 e. The highest BCUT2D eigenvalue weighted by atomic mass is 32.2. The quantitative estimate of drug-likeness (QED) is 0.717. The lowest BCUT2D eigenvalue weighted by molar-refractivity contribution is 0.0696. The van der Waals surface area contributed by atoms with Crippen LogP contribution >= 0.6 is 0 Å². The predicted molar refractivity (Wildman–Crippen MR) is 71.8 cm³/mol. The van der Waals surface area contributed by atoms with Crippen molar-refractivity contribution in [2.75, 3.05) is 27.2 Å². The number of carboxylic acid groups (broad SMARTS) is 1. The fourth-order valence-corrected chi connectivity index (χ4v) is 2.54. The van der Waals surface area contributed by atoms with Gasteiger partial charge in [0.05, 0.1) is 10.5 Å². The van der Waals surface area contributed by atoms with Gasteiger partial charge in [0.1, 0.15) is 0 Å². The number of hydrogen-bond acceptors (Lipinski definition) is 4. The minimum Gasteiger partial charge on any atom is -0.478 e. The summed E-state index contributed by atoms with van der Waals surface area (Å²) in [6.45, 7) is 1.14. The highest BCUT2D eigenvalue weighted by molar-refractivity contribution is 7.89. The van der Waals surface area contributed by atoms with Crippen LogP contribution in [0.5, 0.6) is 0 Å². The molecule has 7 heteroatoms. The van der Waals surface area contributed by atoms with Crippen molar-refractivity contribution in [3.05, 3.63) is 29.8 Å². The van der Waals surface area contributed by atoms with Gasteiger partial charge in [-0.1, -0.05) is 0 Å². The standard InChI is InChI=1S/C12H18N2O4S/c1-14(2)9-3-8-13-19(17,18)11-6-4-10(5-7-11)12(15)16/h4-7,13H,3,8-9H2,1-2H3,(H,15,16). The summed E-state index contributed by atoms with van der Waals surface area (Å²) in [6.07, 6.45) is 0.708. The van der Waals surface area contributed by atoms with E-state index >= 15 is 0 Å². The molecule has 1 aromatic carbocycles. The van der Waals surface area contributed by atoms with E-state index in [2.05, 4.69) is 4.72 Å². The molecule has 0 aliphatic heterocycles. The summed E-state index contributed by atoms with van der Waals surface area (Å²) < 4.78 is 26.2. The normalized spacial score (nSPS) is 11.7. The summed E-state index contributed by atoms with van der Waals surface area (Å²) in [5.74, 6) is -1.08. The molecule has 2 N–H and O–H groups in total. The van der Waals surface area contributed by atoms with Crippen LogP contribution in [0.25, 0.3) is 0 Å². The third kappa shape index (κ3) is 4.98. The molecule has 106 valence electrons. The second-order valence-electron chi connectivity index (χ2n) is 4.38. The van der Waals surface area contributed by atoms with Gasteiger partial charge in [-0.05, 0) is 51.3 Å². The largest absolute Gasteiger partial charge is 0.478 e. The maximum absolute atomic E-state index is 11.9. The zero-order valence-electron chi connectivity index (χ0n) is 11.0. The van der Waals surface area contributed by atoms with Crippen LogP contribution in [-0.4, -0.2) is 51.6 Å². The summed E-state index contributed by atoms with van der Waals surface area (Å²) in [6, 6.07) is 5.13. The van der Waals surface area contributed by atoms with Crippen molar-refractivity contribution in [3.63, 3.8) is 0 Å². The molecule has 0 bridgehead atoms. The summed E-state index contributed by atoms with van der Waals surface area (Å²) in [5, 5.41) is 8.73. The number of nitrogens with zero attached hydrogens (tertiary/aromatic N) is 1. The van der Waals surface area contributed by atoms with Gasteiger partial charge in [-0.3, -0.25) is 0 Å². The Morgan fingerprint density at radius 2 is 1.84 bits per heavy atom. The second kappa shape index (κ2) is 6.65. The summed E-state index contributed by atoms with van der Waals surface area (Å²) in [4.78, 5) is 12.7. The number of benzene rings is 1. The molecular weight excluding hydrogens is 268 g/mol. The van der Waals surface area contributed by atoms with Gasteiger partial charge >= 0.3 is 5.97 Å². The monoisotopic (exact) mass is 286 g/mol. The summed E-state index contributed by atoms with van der Waals surface area (Å²) >= 11 is 0. The van der Waals surface area contributed by atoms with Gasteiger partial charge in [-0.15, -0.1) is 0 Å². The minimum absolute atomic E-state index is 0.0616. The van der Waals surface area contributed by atoms with Crippen LogP contribution in [0.1, 0.15) is 16.8 Å². The maximum Gasteiger partial charge on any atom is 0.335 e. The van der Waals surface area contributed by atoms with E-state index in [4.69, 9.17) is 5.11 Å². The number of carboxylic acids is 1. The Labute approximate surface area is 113 Å². The molecule has 0 fully saturated rings. The molecule has 0 heterocycles. The van der Waals surface area contributed by atoms with E-state index in [1.165, 1.54) is 24.3 Å². The molecule has 1 aromatic rings. The van der Waals surface area contributed by atoms with E-state index in [0.29, 0.717) is 13.0 Å². The molecule has 0 unspecified atom stereocenters. The van der Waals surface area contributed by atoms with Gasteiger partial charge in [0.15, 0.2) is 0 Å². The Bertz CT molecular complexity index is 523. The first-order chi connectivity index (χ1) is 8.83. The van der Waals surface area contributed by atoms with Gasteiger partial charge in [0.25, 0.3) is 0 Å². The summed E-state index contributed by atoms with van der Waals surface area (Å²) in [7, 11) is 0.269. The molecule has 0 saturated heterocycles. The summed E-state index contributed by atoms with van der Waals surface area (Å²) in [5.41, 5.74) is 0.0616. The molecule has 19 heavy (non-hydrogen) atoms. The number of hydrogen-bond donors (Lipinski definition) is 2. The van der Waals surface area contributed by atoms with Crippen molar-refractivity contribution in [3.8, 4) is 0 Å². The minimum atomic E-state index is -3.56. The van der Waals surface area contributed by atoms with Gasteiger partial charge in [0, 0.05) is 6.54 Å². The Balaban J connectivity index is 2.64. The molecule has 0 saturated carbocycles. The van der Waals surface area contributed by atoms with Crippen molar-refractivity contribution in [2.45, 2.75) is 11.3 Å². The van der Waals surface area contributed by atoms with Crippen LogP contribution in [-0.2, 0) is 10.0 Å². The third-order valence-corrected chi connectivity index (χ3v) is 3.96. The lowest BCUT2D eigenvalue weighted by Gasteiger charge is -2.10. The average molecular weight is 286 g/mol. The molecule has 0 amide bonds. The lowest BCUT2D eigenvalue weighted by Crippen LogP contribution is -2.27. The van der Waals surface area contributed by atoms with Crippen LogP contribution in [0.2, 0.25) is 0 Å². The number of aromatic carboxylic acids is 1. The number of nitrogens with one attached hydrogen (secondary N) is 1. The molecule has 0 aliphatic rings. The first kappa shape index (κ1) is 15.6. The van der Waals surface area contributed by atoms with Crippen molar-refractivity contribution < 1.29 is 18.3 Å². The van der Waals surface area contributed by atoms with Crippen LogP contribution in [0.4, 0.5) is 0 Å². The molecule has 0 atom stereocenters. The van der Waals surface area contributed by atoms with E-state index in [1.54, 1.807) is 0 Å². The van der Waals surface area contributed by atoms with Gasteiger partial charge < -0.3 is 10.0 Å². The van der Waals surface area contributed by atoms with Crippen molar-refractivity contribution in [1.29, 1.82) is 0 Å². The third-order valence-electron chi connectivity index (χ3n) is 2.49. The van der Waals surface area contributed by atoms with Gasteiger partial charge in [-0.25, -0.2) is 17.9 Å². The highest BCUT2D eigenvalue weighted by Gasteiger charge is 2.13. The van der Waals surface area contributed by atoms with Crippen molar-refractivity contribution in [2.24, 2.45) is 0 Å². The Kier molecular flexibility index (Phi) is 5.46. The van der Waals surface area contributed by atoms with Crippen LogP contribution in [0.3, 0.4) is 0 Å². The average Bonchev–Trinajstić information content (AvgIpc) is 2.34. The highest BCUT2D eigenvalue weighted by Crippen LogP contribution is 2.10. The number of carbonyl (C=O) groups is 1. The Morgan fingerprint density at radius 1 is 1.26 bits per heavy atom. The van der Waals surface area contributed by atoms with E-state index in [-0.39, 0.29) is 10.5 Å². The zero-order chi connectivity index (χ0) is 14.5. The maximum atomic E-state index is 11.9. The molecule has 0 aliphatic carbocycles. The van der Waals surface area contributed by atoms with Crippen molar-refractivity contribution in [1.82, 2.24) is 9.62 Å². The van der Waals surface area contributed by atoms with Crippen molar-refractivity contribution >= 4 is 16.0 Å². The number of rotatable bonds is 7. The van der Waals surface area contributed by atoms with Crippen LogP contribution in [0, 0.1) is 0 Å². The molecule has 1 rings (SSSR count). The number of sulfonamides is 1. The predicted octanol–water partition coefficient (Wildman–Crippen LogP) is 0.615. The van der Waals surface area contributed by atoms with Crippen LogP contribution < -0.4 is 4.72 Å². The van der Waals surface area contributed by atoms with E-state index < -0.39 is 16.0 Å². The Hall–Kier alpha value is -1.44. The van der Waals surface area contributed by atoms with E-state index in [9.17, 15) is 13.2 Å². The zero-order valence-corrected chi connectivity index (χ0v) is 11.8. The molecular formula is C12H18N2O4S. The van der Waals surface area contributed by atoms with Gasteiger partial charge in [0.2, 0.25) is 10.0 Å².